The van der Waals surface area contributed by atoms with Crippen molar-refractivity contribution in [3.8, 4) is 0 Å². The molecule has 2 N–H and O–H groups in total. The summed E-state index contributed by atoms with van der Waals surface area (Å²) in [6.45, 7) is 0. The summed E-state index contributed by atoms with van der Waals surface area (Å²) in [6.07, 6.45) is 0. The second-order valence-corrected chi connectivity index (χ2v) is 2.68. The zero-order chi connectivity index (χ0) is 10.0. The Bertz CT molecular complexity index is 331. The van der Waals surface area contributed by atoms with E-state index in [-0.39, 0.29) is 5.69 Å². The number of alkyl halides is 1. The first-order chi connectivity index (χ1) is 6.06. The average molecular weight is 206 g/mol. The van der Waals surface area contributed by atoms with Crippen LogP contribution >= 0.6 is 11.6 Å². The van der Waals surface area contributed by atoms with Gasteiger partial charge in [-0.2, -0.15) is 0 Å². The molecule has 70 valence electrons. The largest absolute Gasteiger partial charge is 0.399 e. The molecule has 2 nitrogen and oxygen atoms in total. The zero-order valence-electron chi connectivity index (χ0n) is 6.48. The number of rotatable bonds is 2. The van der Waals surface area contributed by atoms with Crippen LogP contribution in [0.2, 0.25) is 0 Å². The Morgan fingerprint density at radius 2 is 1.85 bits per heavy atom. The maximum atomic E-state index is 12.9. The molecule has 1 aromatic carbocycles. The molecular formula is C8H6ClF2NO. The van der Waals surface area contributed by atoms with E-state index in [4.69, 9.17) is 17.3 Å². The summed E-state index contributed by atoms with van der Waals surface area (Å²) in [7, 11) is 0. The number of hydrogen-bond acceptors (Lipinski definition) is 2. The van der Waals surface area contributed by atoms with Gasteiger partial charge in [-0.15, -0.1) is 11.6 Å². The normalized spacial score (nSPS) is 10.1. The minimum absolute atomic E-state index is 0.0684. The van der Waals surface area contributed by atoms with Gasteiger partial charge in [0.25, 0.3) is 0 Å². The third-order valence-corrected chi connectivity index (χ3v) is 1.71. The van der Waals surface area contributed by atoms with Crippen LogP contribution in [0.3, 0.4) is 0 Å². The summed E-state index contributed by atoms with van der Waals surface area (Å²) in [6, 6.07) is 1.76. The van der Waals surface area contributed by atoms with Gasteiger partial charge in [0.2, 0.25) is 0 Å². The predicted octanol–water partition coefficient (Wildman–Crippen LogP) is 1.97. The highest BCUT2D eigenvalue weighted by Crippen LogP contribution is 2.17. The van der Waals surface area contributed by atoms with E-state index in [0.29, 0.717) is 0 Å². The summed E-state index contributed by atoms with van der Waals surface area (Å²) in [5.74, 6) is -3.22. The van der Waals surface area contributed by atoms with E-state index >= 15 is 0 Å². The Balaban J connectivity index is 3.28. The molecule has 0 atom stereocenters. The van der Waals surface area contributed by atoms with Gasteiger partial charge in [0.1, 0.15) is 11.6 Å². The van der Waals surface area contributed by atoms with E-state index in [9.17, 15) is 13.6 Å². The topological polar surface area (TPSA) is 43.1 Å². The van der Waals surface area contributed by atoms with E-state index in [1.165, 1.54) is 0 Å². The number of carbonyl (C=O) groups is 1. The lowest BCUT2D eigenvalue weighted by Crippen LogP contribution is -2.08. The fourth-order valence-electron chi connectivity index (χ4n) is 0.926. The number of ketones is 1. The number of hydrogen-bond donors (Lipinski definition) is 1. The molecule has 1 rings (SSSR count). The Kier molecular flexibility index (Phi) is 2.83. The van der Waals surface area contributed by atoms with Crippen molar-refractivity contribution in [3.63, 3.8) is 0 Å². The molecule has 0 unspecified atom stereocenters. The van der Waals surface area contributed by atoms with Gasteiger partial charge in [0.05, 0.1) is 11.4 Å². The molecule has 0 heterocycles. The minimum Gasteiger partial charge on any atom is -0.399 e. The number of anilines is 1. The predicted molar refractivity (Wildman–Crippen MR) is 45.8 cm³/mol. The molecule has 0 radical (unpaired) electrons. The smallest absolute Gasteiger partial charge is 0.183 e. The van der Waals surface area contributed by atoms with Crippen molar-refractivity contribution in [1.82, 2.24) is 0 Å². The molecule has 0 saturated carbocycles. The van der Waals surface area contributed by atoms with Crippen LogP contribution in [0.15, 0.2) is 12.1 Å². The van der Waals surface area contributed by atoms with Crippen molar-refractivity contribution in [1.29, 1.82) is 0 Å². The SMILES string of the molecule is Nc1cc(F)c(C(=O)CCl)c(F)c1. The van der Waals surface area contributed by atoms with Crippen molar-refractivity contribution in [2.24, 2.45) is 0 Å². The molecule has 0 aliphatic carbocycles. The van der Waals surface area contributed by atoms with E-state index < -0.39 is 28.9 Å². The van der Waals surface area contributed by atoms with E-state index in [0.717, 1.165) is 12.1 Å². The van der Waals surface area contributed by atoms with Crippen LogP contribution < -0.4 is 5.73 Å². The van der Waals surface area contributed by atoms with Crippen LogP contribution in [-0.4, -0.2) is 11.7 Å². The number of halogens is 3. The third-order valence-electron chi connectivity index (χ3n) is 1.46. The van der Waals surface area contributed by atoms with E-state index in [2.05, 4.69) is 0 Å². The summed E-state index contributed by atoms with van der Waals surface area (Å²) >= 11 is 5.16. The Morgan fingerprint density at radius 3 is 2.23 bits per heavy atom. The minimum atomic E-state index is -0.983. The van der Waals surface area contributed by atoms with Gasteiger partial charge in [-0.25, -0.2) is 8.78 Å². The molecule has 13 heavy (non-hydrogen) atoms. The van der Waals surface area contributed by atoms with Gasteiger partial charge in [0.15, 0.2) is 5.78 Å². The standard InChI is InChI=1S/C8H6ClF2NO/c9-3-7(13)8-5(10)1-4(12)2-6(8)11/h1-2H,3,12H2. The molecule has 0 aliphatic heterocycles. The number of nitrogens with two attached hydrogens (primary N) is 1. The van der Waals surface area contributed by atoms with Gasteiger partial charge in [-0.3, -0.25) is 4.79 Å². The molecule has 0 amide bonds. The van der Waals surface area contributed by atoms with Crippen LogP contribution in [0.25, 0.3) is 0 Å². The summed E-state index contributed by atoms with van der Waals surface area (Å²) in [4.78, 5) is 10.9. The van der Waals surface area contributed by atoms with Crippen LogP contribution in [-0.2, 0) is 0 Å². The van der Waals surface area contributed by atoms with Crippen molar-refractivity contribution in [2.45, 2.75) is 0 Å². The fraction of sp³-hybridized carbons (Fsp3) is 0.125. The van der Waals surface area contributed by atoms with Crippen molar-refractivity contribution in [2.75, 3.05) is 11.6 Å². The molecule has 0 spiro atoms. The van der Waals surface area contributed by atoms with Gasteiger partial charge >= 0.3 is 0 Å². The average Bonchev–Trinajstić information content (AvgIpc) is 2.02. The highest BCUT2D eigenvalue weighted by atomic mass is 35.5. The number of nitrogen functional groups attached to an aromatic ring is 1. The molecule has 5 heteroatoms. The third kappa shape index (κ3) is 1.95. The molecule has 0 saturated heterocycles. The van der Waals surface area contributed by atoms with Gasteiger partial charge in [-0.1, -0.05) is 0 Å². The number of carbonyl (C=O) groups excluding carboxylic acids is 1. The summed E-state index contributed by atoms with van der Waals surface area (Å²) in [5, 5.41) is 0. The Hall–Kier alpha value is -1.16. The van der Waals surface area contributed by atoms with Crippen LogP contribution in [0.4, 0.5) is 14.5 Å². The van der Waals surface area contributed by atoms with Crippen molar-refractivity contribution < 1.29 is 13.6 Å². The maximum Gasteiger partial charge on any atom is 0.183 e. The Labute approximate surface area is 78.3 Å². The first-order valence-corrected chi connectivity index (χ1v) is 3.93. The van der Waals surface area contributed by atoms with Crippen molar-refractivity contribution >= 4 is 23.1 Å². The lowest BCUT2D eigenvalue weighted by atomic mass is 10.1. The molecule has 0 aromatic heterocycles. The highest BCUT2D eigenvalue weighted by Gasteiger charge is 2.16. The first kappa shape index (κ1) is 9.92. The van der Waals surface area contributed by atoms with E-state index in [1.54, 1.807) is 0 Å². The number of Topliss-reactive ketones (excluding diaryl/α,β-unsaturated/α-hetero) is 1. The zero-order valence-corrected chi connectivity index (χ0v) is 7.24. The monoisotopic (exact) mass is 205 g/mol. The first-order valence-electron chi connectivity index (χ1n) is 3.40. The Morgan fingerprint density at radius 1 is 1.38 bits per heavy atom. The second kappa shape index (κ2) is 3.70. The van der Waals surface area contributed by atoms with Crippen LogP contribution in [0, 0.1) is 11.6 Å². The van der Waals surface area contributed by atoms with Gasteiger partial charge in [0, 0.05) is 5.69 Å². The summed E-state index contributed by atoms with van der Waals surface area (Å²) < 4.78 is 25.9. The molecule has 0 bridgehead atoms. The highest BCUT2D eigenvalue weighted by molar-refractivity contribution is 6.30. The molecule has 0 aliphatic rings. The summed E-state index contributed by atoms with van der Waals surface area (Å²) in [5.41, 5.74) is 4.44. The quantitative estimate of drug-likeness (QED) is 0.456. The van der Waals surface area contributed by atoms with Crippen molar-refractivity contribution in [3.05, 3.63) is 29.3 Å². The van der Waals surface area contributed by atoms with Crippen LogP contribution in [0.5, 0.6) is 0 Å². The maximum absolute atomic E-state index is 12.9. The molecular weight excluding hydrogens is 200 g/mol. The lowest BCUT2D eigenvalue weighted by molar-refractivity contribution is 0.101. The van der Waals surface area contributed by atoms with E-state index in [1.807, 2.05) is 0 Å². The van der Waals surface area contributed by atoms with Crippen LogP contribution in [0.1, 0.15) is 10.4 Å². The fourth-order valence-corrected chi connectivity index (χ4v) is 1.06. The lowest BCUT2D eigenvalue weighted by Gasteiger charge is -2.02. The molecule has 1 aromatic rings. The number of benzene rings is 1. The second-order valence-electron chi connectivity index (χ2n) is 2.42. The van der Waals surface area contributed by atoms with Gasteiger partial charge in [-0.05, 0) is 12.1 Å². The molecule has 0 fully saturated rings. The van der Waals surface area contributed by atoms with Gasteiger partial charge < -0.3 is 5.73 Å².